The number of aryl methyl sites for hydroxylation is 2. The van der Waals surface area contributed by atoms with E-state index in [0.717, 1.165) is 30.0 Å². The number of nitrogens with zero attached hydrogens (tertiary/aromatic N) is 7. The highest BCUT2D eigenvalue weighted by atomic mass is 19.4. The van der Waals surface area contributed by atoms with Gasteiger partial charge in [0.05, 0.1) is 5.52 Å². The molecule has 6 rings (SSSR count). The molecular weight excluding hydrogens is 778 g/mol. The first-order valence-electron chi connectivity index (χ1n) is 19.9. The Hall–Kier alpha value is -5.93. The third kappa shape index (κ3) is 9.42. The van der Waals surface area contributed by atoms with Crippen molar-refractivity contribution >= 4 is 40.4 Å². The molecule has 1 aliphatic carbocycles. The highest BCUT2D eigenvalue weighted by molar-refractivity contribution is 6.07. The number of rotatable bonds is 15. The number of ketones is 1. The van der Waals surface area contributed by atoms with Crippen LogP contribution in [0.4, 0.5) is 23.8 Å². The Morgan fingerprint density at radius 3 is 2.37 bits per heavy atom. The van der Waals surface area contributed by atoms with Crippen molar-refractivity contribution in [1.29, 1.82) is 0 Å². The molecule has 3 atom stereocenters. The molecule has 2 fully saturated rings. The number of fused-ring (bicyclic) bond motifs is 2. The normalized spacial score (nSPS) is 18.5. The minimum atomic E-state index is -4.75. The quantitative estimate of drug-likeness (QED) is 0.0713. The van der Waals surface area contributed by atoms with Crippen LogP contribution in [0.1, 0.15) is 92.9 Å². The number of piperidine rings is 1. The van der Waals surface area contributed by atoms with Crippen LogP contribution in [0, 0.1) is 19.3 Å². The molecule has 0 spiro atoms. The van der Waals surface area contributed by atoms with Crippen LogP contribution in [0.15, 0.2) is 62.0 Å². The molecule has 1 aromatic carbocycles. The van der Waals surface area contributed by atoms with Gasteiger partial charge in [0.15, 0.2) is 5.78 Å². The van der Waals surface area contributed by atoms with Gasteiger partial charge in [0.1, 0.15) is 41.2 Å². The molecule has 1 saturated carbocycles. The monoisotopic (exact) mass is 828 g/mol. The van der Waals surface area contributed by atoms with Crippen molar-refractivity contribution in [2.75, 3.05) is 18.4 Å². The van der Waals surface area contributed by atoms with E-state index in [2.05, 4.69) is 38.5 Å². The van der Waals surface area contributed by atoms with Gasteiger partial charge < -0.3 is 19.9 Å². The van der Waals surface area contributed by atoms with Crippen molar-refractivity contribution in [2.45, 2.75) is 110 Å². The summed E-state index contributed by atoms with van der Waals surface area (Å²) in [4.78, 5) is 71.1. The fraction of sp³-hybridized carbons (Fsp3) is 0.455. The molecule has 318 valence electrons. The number of alkyl halides is 3. The zero-order chi connectivity index (χ0) is 43.7. The van der Waals surface area contributed by atoms with E-state index in [9.17, 15) is 32.3 Å². The summed E-state index contributed by atoms with van der Waals surface area (Å²) in [6.07, 6.45) is 4.76. The predicted octanol–water partition coefficient (Wildman–Crippen LogP) is 8.05. The minimum Gasteiger partial charge on any atom is -0.444 e. The molecule has 1 aliphatic heterocycles. The molecule has 0 radical (unpaired) electrons. The Kier molecular flexibility index (Phi) is 12.3. The molecule has 60 heavy (non-hydrogen) atoms. The molecule has 1 N–H and O–H groups in total. The fourth-order valence-corrected chi connectivity index (χ4v) is 7.99. The van der Waals surface area contributed by atoms with Gasteiger partial charge in [-0.3, -0.25) is 19.1 Å². The van der Waals surface area contributed by atoms with Crippen LogP contribution in [0.25, 0.3) is 22.0 Å². The summed E-state index contributed by atoms with van der Waals surface area (Å²) in [7, 11) is 0. The van der Waals surface area contributed by atoms with Crippen molar-refractivity contribution in [3.8, 4) is 11.1 Å². The van der Waals surface area contributed by atoms with Crippen molar-refractivity contribution in [2.24, 2.45) is 5.41 Å². The number of pyridine rings is 1. The topological polar surface area (TPSA) is 153 Å². The van der Waals surface area contributed by atoms with Gasteiger partial charge in [-0.2, -0.15) is 18.3 Å². The van der Waals surface area contributed by atoms with E-state index < -0.39 is 52.9 Å². The van der Waals surface area contributed by atoms with Crippen LogP contribution in [-0.2, 0) is 33.5 Å². The lowest BCUT2D eigenvalue weighted by Crippen LogP contribution is -2.47. The maximum Gasteiger partial charge on any atom is 0.433 e. The molecule has 0 unspecified atom stereocenters. The number of aromatic nitrogens is 5. The smallest absolute Gasteiger partial charge is 0.433 e. The Morgan fingerprint density at radius 1 is 1.02 bits per heavy atom. The lowest BCUT2D eigenvalue weighted by atomic mass is 9.98. The molecule has 4 heterocycles. The van der Waals surface area contributed by atoms with Crippen LogP contribution in [0.3, 0.4) is 0 Å². The van der Waals surface area contributed by atoms with Gasteiger partial charge in [-0.1, -0.05) is 18.2 Å². The summed E-state index contributed by atoms with van der Waals surface area (Å²) in [5, 5.41) is 7.74. The molecular formula is C44H51F3N8O5. The second-order valence-corrected chi connectivity index (χ2v) is 16.7. The molecule has 0 bridgehead atoms. The number of unbranched alkanes of at least 4 members (excludes halogenated alkanes) is 2. The van der Waals surface area contributed by atoms with E-state index in [4.69, 9.17) is 4.74 Å². The number of ether oxygens (including phenoxy) is 1. The summed E-state index contributed by atoms with van der Waals surface area (Å²) >= 11 is 0. The number of halogens is 3. The van der Waals surface area contributed by atoms with Crippen LogP contribution in [-0.4, -0.2) is 89.0 Å². The number of nitrogens with one attached hydrogen (secondary N) is 1. The Labute approximate surface area is 347 Å². The third-order valence-corrected chi connectivity index (χ3v) is 10.9. The number of carbonyl (C=O) groups excluding carboxylic acids is 4. The molecule has 1 saturated heterocycles. The van der Waals surface area contributed by atoms with E-state index in [1.165, 1.54) is 29.5 Å². The first-order chi connectivity index (χ1) is 28.2. The van der Waals surface area contributed by atoms with Crippen molar-refractivity contribution in [3.63, 3.8) is 0 Å². The third-order valence-electron chi connectivity index (χ3n) is 10.9. The maximum absolute atomic E-state index is 14.8. The number of hydrogen-bond donors (Lipinski definition) is 1. The number of hydrogen-bond acceptors (Lipinski definition) is 9. The number of amides is 3. The summed E-state index contributed by atoms with van der Waals surface area (Å²) < 4.78 is 48.3. The molecule has 4 aromatic rings. The lowest BCUT2D eigenvalue weighted by molar-refractivity contribution is -0.141. The number of carbonyl (C=O) groups is 4. The van der Waals surface area contributed by atoms with Gasteiger partial charge in [-0.05, 0) is 108 Å². The van der Waals surface area contributed by atoms with Crippen LogP contribution in [0.5, 0.6) is 0 Å². The van der Waals surface area contributed by atoms with Gasteiger partial charge in [0.2, 0.25) is 11.8 Å². The largest absolute Gasteiger partial charge is 0.444 e. The van der Waals surface area contributed by atoms with Gasteiger partial charge in [0, 0.05) is 54.8 Å². The molecule has 13 nitrogen and oxygen atoms in total. The van der Waals surface area contributed by atoms with E-state index in [0.29, 0.717) is 53.7 Å². The summed E-state index contributed by atoms with van der Waals surface area (Å²) in [5.41, 5.74) is 0.504. The van der Waals surface area contributed by atoms with Crippen LogP contribution in [0.2, 0.25) is 0 Å². The van der Waals surface area contributed by atoms with E-state index in [1.807, 2.05) is 12.1 Å². The van der Waals surface area contributed by atoms with Crippen LogP contribution < -0.4 is 5.32 Å². The number of likely N-dealkylation sites (tertiary alicyclic amines) is 1. The summed E-state index contributed by atoms with van der Waals surface area (Å²) in [6, 6.07) is 4.15. The van der Waals surface area contributed by atoms with Crippen molar-refractivity contribution < 1.29 is 37.1 Å². The van der Waals surface area contributed by atoms with E-state index in [1.54, 1.807) is 57.1 Å². The highest BCUT2D eigenvalue weighted by Gasteiger charge is 2.68. The van der Waals surface area contributed by atoms with Crippen LogP contribution >= 0.6 is 0 Å². The molecule has 2 aliphatic rings. The average molecular weight is 829 g/mol. The highest BCUT2D eigenvalue weighted by Crippen LogP contribution is 2.60. The minimum absolute atomic E-state index is 0.126. The number of allylic oxidation sites excluding steroid dienone is 2. The SMILES string of the molecule is C=CCCCCN(C[C@@]12C[C@@H](C(=O)Nc3nc(C(F)(F)F)ccc3C)N(C(=O)Cn3nc(C(C)=O)c4cc(-c5cnc(C)nc5)cc(CC=C)c43)[C@@H]1C2)C(=O)OC(C)(C)C. The van der Waals surface area contributed by atoms with Gasteiger partial charge in [-0.15, -0.1) is 13.2 Å². The predicted molar refractivity (Wildman–Crippen MR) is 220 cm³/mol. The number of anilines is 1. The van der Waals surface area contributed by atoms with E-state index >= 15 is 0 Å². The fourth-order valence-electron chi connectivity index (χ4n) is 7.99. The number of benzene rings is 1. The zero-order valence-corrected chi connectivity index (χ0v) is 34.9. The first kappa shape index (κ1) is 43.6. The molecule has 16 heteroatoms. The second-order valence-electron chi connectivity index (χ2n) is 16.7. The van der Waals surface area contributed by atoms with Gasteiger partial charge in [-0.25, -0.2) is 19.7 Å². The van der Waals surface area contributed by atoms with Crippen molar-refractivity contribution in [1.82, 2.24) is 34.5 Å². The van der Waals surface area contributed by atoms with Gasteiger partial charge in [0.25, 0.3) is 0 Å². The van der Waals surface area contributed by atoms with Crippen molar-refractivity contribution in [3.05, 3.63) is 90.3 Å². The Balaban J connectivity index is 1.38. The summed E-state index contributed by atoms with van der Waals surface area (Å²) in [6.45, 7) is 17.9. The first-order valence-corrected chi connectivity index (χ1v) is 19.9. The molecule has 3 aromatic heterocycles. The summed E-state index contributed by atoms with van der Waals surface area (Å²) in [5.74, 6) is -1.22. The second kappa shape index (κ2) is 17.0. The maximum atomic E-state index is 14.8. The van der Waals surface area contributed by atoms with E-state index in [-0.39, 0.29) is 36.8 Å². The zero-order valence-electron chi connectivity index (χ0n) is 34.9. The lowest BCUT2D eigenvalue weighted by Gasteiger charge is -2.30. The number of Topliss-reactive ketones (excluding diaryl/α,β-unsaturated/α-hetero) is 1. The standard InChI is InChI=1S/C44H51F3N8O5/c1-9-11-12-13-17-53(41(59)60-42(6,7)8)25-43-20-33(40(58)51-39-26(3)15-16-34(50-39)44(45,46)47)55(35(43)21-43)36(57)24-54-38-29(14-10-2)18-30(31-22-48-28(5)49-23-31)19-32(38)37(52-54)27(4)56/h9-10,15-16,18-19,22-23,33,35H,1-2,11-14,17,20-21,24-25H2,3-8H3,(H,50,51,58)/t33-,35+,43-/m0/s1. The average Bonchev–Trinajstić information content (AvgIpc) is 3.56. The Bertz CT molecular complexity index is 2330. The molecule has 3 amide bonds. The van der Waals surface area contributed by atoms with Gasteiger partial charge >= 0.3 is 12.3 Å². The Morgan fingerprint density at radius 2 is 1.73 bits per heavy atom.